The van der Waals surface area contributed by atoms with Gasteiger partial charge in [0.1, 0.15) is 19.3 Å². The highest BCUT2D eigenvalue weighted by atomic mass is 32.1. The first-order valence-electron chi connectivity index (χ1n) is 13.5. The minimum absolute atomic E-state index is 0.379. The van der Waals surface area contributed by atoms with Gasteiger partial charge in [-0.3, -0.25) is 4.98 Å². The molecule has 1 aliphatic rings. The van der Waals surface area contributed by atoms with E-state index in [-0.39, 0.29) is 0 Å². The Kier molecular flexibility index (Phi) is 9.57. The van der Waals surface area contributed by atoms with Crippen LogP contribution in [-0.4, -0.2) is 75.5 Å². The third kappa shape index (κ3) is 8.17. The number of aromatic nitrogens is 4. The Morgan fingerprint density at radius 3 is 2.32 bits per heavy atom. The molecule has 0 amide bonds. The summed E-state index contributed by atoms with van der Waals surface area (Å²) in [7, 11) is -2.35. The summed E-state index contributed by atoms with van der Waals surface area (Å²) in [6.45, 7) is 18.8. The molecule has 0 spiro atoms. The van der Waals surface area contributed by atoms with E-state index in [0.717, 1.165) is 78.8 Å². The predicted molar refractivity (Wildman–Crippen MR) is 159 cm³/mol. The number of thiazole rings is 1. The maximum atomic E-state index is 6.25. The van der Waals surface area contributed by atoms with E-state index in [0.29, 0.717) is 19.4 Å². The van der Waals surface area contributed by atoms with Gasteiger partial charge in [-0.05, 0) is 31.5 Å². The van der Waals surface area contributed by atoms with Crippen molar-refractivity contribution in [2.24, 2.45) is 0 Å². The molecule has 3 aromatic rings. The summed E-state index contributed by atoms with van der Waals surface area (Å²) in [4.78, 5) is 12.7. The van der Waals surface area contributed by atoms with E-state index in [2.05, 4.69) is 60.5 Å². The van der Waals surface area contributed by atoms with E-state index in [9.17, 15) is 0 Å². The minimum Gasteiger partial charge on any atom is -0.361 e. The van der Waals surface area contributed by atoms with E-state index < -0.39 is 16.1 Å². The standard InChI is InChI=1S/C26H44N6O2SSi2/c1-36(2,3)12-10-33-19-31(20-34-11-13-37(4,5)6)25-14-23(21-8-7-9-27-15-21)30-26-22(16-29-32(25)26)24-17-28-18-35-24/h14,16-18,21,27H,7-13,15,19-20H2,1-6H3. The molecular formula is C26H44N6O2SSi2. The Balaban J connectivity index is 1.66. The largest absolute Gasteiger partial charge is 0.361 e. The van der Waals surface area contributed by atoms with E-state index in [1.54, 1.807) is 11.3 Å². The quantitative estimate of drug-likeness (QED) is 0.162. The molecule has 4 heterocycles. The summed E-state index contributed by atoms with van der Waals surface area (Å²) in [6, 6.07) is 4.48. The number of anilines is 1. The van der Waals surface area contributed by atoms with E-state index in [1.165, 1.54) is 0 Å². The highest BCUT2D eigenvalue weighted by Crippen LogP contribution is 2.32. The Labute approximate surface area is 227 Å². The highest BCUT2D eigenvalue weighted by molar-refractivity contribution is 7.13. The van der Waals surface area contributed by atoms with Crippen LogP contribution in [0.3, 0.4) is 0 Å². The summed E-state index contributed by atoms with van der Waals surface area (Å²) in [5.41, 5.74) is 4.86. The number of rotatable bonds is 13. The lowest BCUT2D eigenvalue weighted by Gasteiger charge is -2.28. The fourth-order valence-corrected chi connectivity index (χ4v) is 6.44. The van der Waals surface area contributed by atoms with Crippen LogP contribution in [0, 0.1) is 0 Å². The number of hydrogen-bond acceptors (Lipinski definition) is 8. The van der Waals surface area contributed by atoms with Crippen LogP contribution in [0.1, 0.15) is 24.5 Å². The summed E-state index contributed by atoms with van der Waals surface area (Å²) < 4.78 is 14.4. The summed E-state index contributed by atoms with van der Waals surface area (Å²) in [5, 5.41) is 8.35. The SMILES string of the molecule is C[Si](C)(C)CCOCN(COCC[Si](C)(C)C)c1cc(C2CCCNC2)nc2c(-c3cncs3)cnn12. The Morgan fingerprint density at radius 1 is 1.05 bits per heavy atom. The Hall–Kier alpha value is -1.64. The second kappa shape index (κ2) is 12.5. The molecule has 0 saturated carbocycles. The zero-order valence-electron chi connectivity index (χ0n) is 23.4. The lowest BCUT2D eigenvalue weighted by Crippen LogP contribution is -2.34. The molecule has 8 nitrogen and oxygen atoms in total. The molecule has 0 radical (unpaired) electrons. The van der Waals surface area contributed by atoms with Gasteiger partial charge in [0.15, 0.2) is 5.65 Å². The van der Waals surface area contributed by atoms with Gasteiger partial charge in [-0.1, -0.05) is 39.3 Å². The van der Waals surface area contributed by atoms with Crippen molar-refractivity contribution in [1.29, 1.82) is 0 Å². The van der Waals surface area contributed by atoms with Crippen LogP contribution in [0.2, 0.25) is 51.4 Å². The van der Waals surface area contributed by atoms with E-state index >= 15 is 0 Å². The van der Waals surface area contributed by atoms with Gasteiger partial charge >= 0.3 is 0 Å². The summed E-state index contributed by atoms with van der Waals surface area (Å²) >= 11 is 1.62. The second-order valence-electron chi connectivity index (χ2n) is 12.5. The van der Waals surface area contributed by atoms with Gasteiger partial charge in [0, 0.05) is 54.1 Å². The minimum atomic E-state index is -1.17. The Morgan fingerprint density at radius 2 is 1.76 bits per heavy atom. The van der Waals surface area contributed by atoms with E-state index in [1.807, 2.05) is 22.4 Å². The van der Waals surface area contributed by atoms with E-state index in [4.69, 9.17) is 19.6 Å². The van der Waals surface area contributed by atoms with Gasteiger partial charge in [0.05, 0.1) is 27.8 Å². The predicted octanol–water partition coefficient (Wildman–Crippen LogP) is 5.75. The van der Waals surface area contributed by atoms with Crippen molar-refractivity contribution in [3.05, 3.63) is 29.7 Å². The molecule has 1 N–H and O–H groups in total. The van der Waals surface area contributed by atoms with Crippen molar-refractivity contribution in [2.75, 3.05) is 44.7 Å². The van der Waals surface area contributed by atoms with Gasteiger partial charge < -0.3 is 19.7 Å². The lowest BCUT2D eigenvalue weighted by atomic mass is 9.96. The summed E-state index contributed by atoms with van der Waals surface area (Å²) in [6.07, 6.45) is 6.11. The van der Waals surface area contributed by atoms with Gasteiger partial charge in [-0.2, -0.15) is 9.61 Å². The smallest absolute Gasteiger partial charge is 0.166 e. The molecule has 4 rings (SSSR count). The monoisotopic (exact) mass is 560 g/mol. The maximum Gasteiger partial charge on any atom is 0.166 e. The van der Waals surface area contributed by atoms with Crippen LogP contribution in [-0.2, 0) is 9.47 Å². The van der Waals surface area contributed by atoms with Crippen molar-refractivity contribution in [3.63, 3.8) is 0 Å². The van der Waals surface area contributed by atoms with Crippen molar-refractivity contribution < 1.29 is 9.47 Å². The third-order valence-corrected chi connectivity index (χ3v) is 10.9. The first kappa shape index (κ1) is 28.4. The molecular weight excluding hydrogens is 517 g/mol. The van der Waals surface area contributed by atoms with Gasteiger partial charge in [0.25, 0.3) is 0 Å². The molecule has 1 saturated heterocycles. The zero-order valence-corrected chi connectivity index (χ0v) is 26.2. The molecule has 1 aliphatic heterocycles. The van der Waals surface area contributed by atoms with Gasteiger partial charge in [0.2, 0.25) is 0 Å². The van der Waals surface area contributed by atoms with Gasteiger partial charge in [-0.15, -0.1) is 11.3 Å². The topological polar surface area (TPSA) is 76.8 Å². The second-order valence-corrected chi connectivity index (χ2v) is 24.6. The van der Waals surface area contributed by atoms with Crippen LogP contribution in [0.25, 0.3) is 16.1 Å². The highest BCUT2D eigenvalue weighted by Gasteiger charge is 2.24. The van der Waals surface area contributed by atoms with Crippen molar-refractivity contribution in [1.82, 2.24) is 24.9 Å². The van der Waals surface area contributed by atoms with Crippen LogP contribution < -0.4 is 10.2 Å². The summed E-state index contributed by atoms with van der Waals surface area (Å²) in [5.74, 6) is 1.35. The van der Waals surface area contributed by atoms with Crippen molar-refractivity contribution >= 4 is 38.9 Å². The molecule has 3 aromatic heterocycles. The number of ether oxygens (including phenoxy) is 2. The first-order valence-corrected chi connectivity index (χ1v) is 21.8. The van der Waals surface area contributed by atoms with Crippen molar-refractivity contribution in [2.45, 2.75) is 70.1 Å². The molecule has 1 fully saturated rings. The maximum absolute atomic E-state index is 6.25. The average molecular weight is 561 g/mol. The van der Waals surface area contributed by atoms with Gasteiger partial charge in [-0.25, -0.2) is 4.98 Å². The third-order valence-electron chi connectivity index (χ3n) is 6.70. The van der Waals surface area contributed by atoms with Crippen LogP contribution >= 0.6 is 11.3 Å². The average Bonchev–Trinajstić information content (AvgIpc) is 3.51. The molecule has 0 aromatic carbocycles. The lowest BCUT2D eigenvalue weighted by molar-refractivity contribution is 0.0942. The van der Waals surface area contributed by atoms with Crippen LogP contribution in [0.5, 0.6) is 0 Å². The number of nitrogens with zero attached hydrogens (tertiary/aromatic N) is 5. The molecule has 0 aliphatic carbocycles. The van der Waals surface area contributed by atoms with Crippen LogP contribution in [0.4, 0.5) is 5.82 Å². The molecule has 0 bridgehead atoms. The molecule has 1 atom stereocenters. The molecule has 1 unspecified atom stereocenters. The Bertz CT molecular complexity index is 1100. The van der Waals surface area contributed by atoms with Crippen molar-refractivity contribution in [3.8, 4) is 10.4 Å². The molecule has 37 heavy (non-hydrogen) atoms. The number of hydrogen-bond donors (Lipinski definition) is 1. The number of nitrogens with one attached hydrogen (secondary N) is 1. The normalized spacial score (nSPS) is 17.0. The number of piperidine rings is 1. The molecule has 204 valence electrons. The fraction of sp³-hybridized carbons (Fsp3) is 0.654. The molecule has 11 heteroatoms. The zero-order chi connectivity index (χ0) is 26.5. The number of fused-ring (bicyclic) bond motifs is 1. The fourth-order valence-electron chi connectivity index (χ4n) is 4.30. The first-order chi connectivity index (χ1) is 17.6. The van der Waals surface area contributed by atoms with Crippen LogP contribution in [0.15, 0.2) is 24.0 Å².